The molecule has 0 aliphatic carbocycles. The van der Waals surface area contributed by atoms with Crippen molar-refractivity contribution in [2.24, 2.45) is 0 Å². The van der Waals surface area contributed by atoms with Crippen molar-refractivity contribution in [3.63, 3.8) is 0 Å². The number of benzene rings is 2. The van der Waals surface area contributed by atoms with E-state index in [2.05, 4.69) is 10.4 Å². The number of carbonyl (C=O) groups is 1. The molecule has 1 aliphatic heterocycles. The fraction of sp³-hybridized carbons (Fsp3) is 0.273. The highest BCUT2D eigenvalue weighted by atomic mass is 35.5. The molecule has 6 nitrogen and oxygen atoms in total. The number of nitrogens with zero attached hydrogens (tertiary/aromatic N) is 2. The first-order chi connectivity index (χ1) is 14.0. The number of halogens is 1. The zero-order chi connectivity index (χ0) is 20.4. The van der Waals surface area contributed by atoms with Gasteiger partial charge < -0.3 is 14.8 Å². The van der Waals surface area contributed by atoms with Crippen LogP contribution < -0.4 is 14.8 Å². The molecule has 7 heteroatoms. The predicted octanol–water partition coefficient (Wildman–Crippen LogP) is 4.35. The number of hydrogen-bond donors (Lipinski definition) is 1. The minimum atomic E-state index is -0.163. The molecule has 1 amide bonds. The Morgan fingerprint density at radius 1 is 1.14 bits per heavy atom. The molecule has 0 saturated heterocycles. The molecule has 0 spiro atoms. The van der Waals surface area contributed by atoms with Crippen molar-refractivity contribution in [3.8, 4) is 17.2 Å². The van der Waals surface area contributed by atoms with Gasteiger partial charge in [0.2, 0.25) is 0 Å². The molecule has 0 unspecified atom stereocenters. The van der Waals surface area contributed by atoms with E-state index in [-0.39, 0.29) is 11.8 Å². The number of ether oxygens (including phenoxy) is 2. The van der Waals surface area contributed by atoms with Gasteiger partial charge in [-0.05, 0) is 47.9 Å². The second-order valence-corrected chi connectivity index (χ2v) is 7.58. The summed E-state index contributed by atoms with van der Waals surface area (Å²) in [6.07, 6.45) is 1.61. The average molecular weight is 412 g/mol. The van der Waals surface area contributed by atoms with E-state index in [9.17, 15) is 4.79 Å². The zero-order valence-electron chi connectivity index (χ0n) is 16.3. The molecule has 150 valence electrons. The summed E-state index contributed by atoms with van der Waals surface area (Å²) >= 11 is 5.99. The maximum atomic E-state index is 12.9. The van der Waals surface area contributed by atoms with Gasteiger partial charge in [-0.2, -0.15) is 5.10 Å². The topological polar surface area (TPSA) is 65.4 Å². The summed E-state index contributed by atoms with van der Waals surface area (Å²) in [5.41, 5.74) is 3.22. The van der Waals surface area contributed by atoms with E-state index < -0.39 is 0 Å². The van der Waals surface area contributed by atoms with Crippen molar-refractivity contribution >= 4 is 17.5 Å². The summed E-state index contributed by atoms with van der Waals surface area (Å²) in [5.74, 6) is 1.39. The summed E-state index contributed by atoms with van der Waals surface area (Å²) in [6.45, 7) is 5.56. The molecule has 0 fully saturated rings. The lowest BCUT2D eigenvalue weighted by Gasteiger charge is -2.19. The Bertz CT molecular complexity index is 1030. The molecule has 2 heterocycles. The van der Waals surface area contributed by atoms with E-state index in [4.69, 9.17) is 21.1 Å². The van der Waals surface area contributed by atoms with Crippen LogP contribution >= 0.6 is 11.6 Å². The van der Waals surface area contributed by atoms with E-state index in [1.54, 1.807) is 10.9 Å². The van der Waals surface area contributed by atoms with Crippen molar-refractivity contribution in [2.75, 3.05) is 13.2 Å². The third-order valence-electron chi connectivity index (χ3n) is 4.73. The van der Waals surface area contributed by atoms with Gasteiger partial charge in [0.1, 0.15) is 13.2 Å². The van der Waals surface area contributed by atoms with Gasteiger partial charge in [0.05, 0.1) is 23.1 Å². The normalized spacial score (nSPS) is 12.8. The van der Waals surface area contributed by atoms with Gasteiger partial charge in [0.25, 0.3) is 5.91 Å². The number of carbonyl (C=O) groups excluding carboxylic acids is 1. The quantitative estimate of drug-likeness (QED) is 0.677. The lowest BCUT2D eigenvalue weighted by Crippen LogP contribution is -2.24. The molecule has 1 aromatic heterocycles. The molecular formula is C22H22ClN3O3. The van der Waals surface area contributed by atoms with Crippen molar-refractivity contribution in [1.29, 1.82) is 0 Å². The standard InChI is InChI=1S/C22H22ClN3O3/c1-14(2)21-18(13-25-26(21)17-6-4-16(23)5-7-17)22(27)24-12-15-3-8-19-20(11-15)29-10-9-28-19/h3-8,11,13-14H,9-10,12H2,1-2H3,(H,24,27). The first kappa shape index (κ1) is 19.3. The maximum absolute atomic E-state index is 12.9. The molecular weight excluding hydrogens is 390 g/mol. The third-order valence-corrected chi connectivity index (χ3v) is 4.98. The average Bonchev–Trinajstić information content (AvgIpc) is 3.18. The van der Waals surface area contributed by atoms with Crippen LogP contribution in [0.25, 0.3) is 5.69 Å². The van der Waals surface area contributed by atoms with E-state index in [0.29, 0.717) is 36.1 Å². The van der Waals surface area contributed by atoms with Crippen LogP contribution in [-0.4, -0.2) is 28.9 Å². The van der Waals surface area contributed by atoms with E-state index in [0.717, 1.165) is 22.7 Å². The van der Waals surface area contributed by atoms with Crippen LogP contribution in [0.15, 0.2) is 48.7 Å². The molecule has 0 bridgehead atoms. The molecule has 3 aromatic rings. The Morgan fingerprint density at radius 3 is 2.59 bits per heavy atom. The fourth-order valence-corrected chi connectivity index (χ4v) is 3.48. The van der Waals surface area contributed by atoms with Crippen LogP contribution in [0.1, 0.15) is 41.4 Å². The number of amides is 1. The molecule has 29 heavy (non-hydrogen) atoms. The highest BCUT2D eigenvalue weighted by molar-refractivity contribution is 6.30. The van der Waals surface area contributed by atoms with Crippen LogP contribution in [-0.2, 0) is 6.54 Å². The van der Waals surface area contributed by atoms with Crippen molar-refractivity contribution < 1.29 is 14.3 Å². The Kier molecular flexibility index (Phi) is 5.45. The molecule has 0 radical (unpaired) electrons. The predicted molar refractivity (Wildman–Crippen MR) is 111 cm³/mol. The Balaban J connectivity index is 1.53. The third kappa shape index (κ3) is 4.07. The molecule has 1 N–H and O–H groups in total. The Morgan fingerprint density at radius 2 is 1.86 bits per heavy atom. The number of hydrogen-bond acceptors (Lipinski definition) is 4. The number of rotatable bonds is 5. The number of fused-ring (bicyclic) bond motifs is 1. The zero-order valence-corrected chi connectivity index (χ0v) is 17.1. The molecule has 0 saturated carbocycles. The van der Waals surface area contributed by atoms with E-state index in [1.807, 2.05) is 56.3 Å². The van der Waals surface area contributed by atoms with Crippen LogP contribution in [0, 0.1) is 0 Å². The largest absolute Gasteiger partial charge is 0.486 e. The lowest BCUT2D eigenvalue weighted by molar-refractivity contribution is 0.0949. The summed E-state index contributed by atoms with van der Waals surface area (Å²) in [6, 6.07) is 13.1. The van der Waals surface area contributed by atoms with Gasteiger partial charge in [-0.3, -0.25) is 4.79 Å². The van der Waals surface area contributed by atoms with E-state index >= 15 is 0 Å². The number of aromatic nitrogens is 2. The Hall–Kier alpha value is -2.99. The van der Waals surface area contributed by atoms with Gasteiger partial charge >= 0.3 is 0 Å². The molecule has 4 rings (SSSR count). The second kappa shape index (κ2) is 8.17. The summed E-state index contributed by atoms with van der Waals surface area (Å²) in [4.78, 5) is 12.9. The first-order valence-electron chi connectivity index (χ1n) is 9.53. The molecule has 2 aromatic carbocycles. The SMILES string of the molecule is CC(C)c1c(C(=O)NCc2ccc3c(c2)OCCO3)cnn1-c1ccc(Cl)cc1. The van der Waals surface area contributed by atoms with Crippen molar-refractivity contribution in [2.45, 2.75) is 26.3 Å². The maximum Gasteiger partial charge on any atom is 0.255 e. The monoisotopic (exact) mass is 411 g/mol. The minimum Gasteiger partial charge on any atom is -0.486 e. The smallest absolute Gasteiger partial charge is 0.255 e. The number of nitrogens with one attached hydrogen (secondary N) is 1. The van der Waals surface area contributed by atoms with Crippen molar-refractivity contribution in [1.82, 2.24) is 15.1 Å². The highest BCUT2D eigenvalue weighted by Crippen LogP contribution is 2.31. The summed E-state index contributed by atoms with van der Waals surface area (Å²) in [7, 11) is 0. The van der Waals surface area contributed by atoms with Gasteiger partial charge in [-0.25, -0.2) is 4.68 Å². The van der Waals surface area contributed by atoms with Gasteiger partial charge in [-0.1, -0.05) is 31.5 Å². The highest BCUT2D eigenvalue weighted by Gasteiger charge is 2.21. The lowest BCUT2D eigenvalue weighted by atomic mass is 10.0. The minimum absolute atomic E-state index is 0.114. The van der Waals surface area contributed by atoms with Crippen LogP contribution in [0.2, 0.25) is 5.02 Å². The molecule has 0 atom stereocenters. The van der Waals surface area contributed by atoms with Crippen molar-refractivity contribution in [3.05, 3.63) is 70.5 Å². The second-order valence-electron chi connectivity index (χ2n) is 7.15. The Labute approximate surface area is 174 Å². The molecule has 1 aliphatic rings. The summed E-state index contributed by atoms with van der Waals surface area (Å²) in [5, 5.41) is 8.09. The fourth-order valence-electron chi connectivity index (χ4n) is 3.35. The van der Waals surface area contributed by atoms with Crippen LogP contribution in [0.4, 0.5) is 0 Å². The van der Waals surface area contributed by atoms with E-state index in [1.165, 1.54) is 0 Å². The van der Waals surface area contributed by atoms with Gasteiger partial charge in [0, 0.05) is 11.6 Å². The summed E-state index contributed by atoms with van der Waals surface area (Å²) < 4.78 is 12.9. The van der Waals surface area contributed by atoms with Crippen LogP contribution in [0.5, 0.6) is 11.5 Å². The first-order valence-corrected chi connectivity index (χ1v) is 9.91. The van der Waals surface area contributed by atoms with Crippen LogP contribution in [0.3, 0.4) is 0 Å². The van der Waals surface area contributed by atoms with Gasteiger partial charge in [0.15, 0.2) is 11.5 Å². The van der Waals surface area contributed by atoms with Gasteiger partial charge in [-0.15, -0.1) is 0 Å².